The number of nitrogens with zero attached hydrogens (tertiary/aromatic N) is 1. The number of benzene rings is 2. The molecule has 1 atom stereocenters. The molecule has 3 rings (SSSR count). The van der Waals surface area contributed by atoms with Crippen molar-refractivity contribution in [1.29, 1.82) is 0 Å². The van der Waals surface area contributed by atoms with Crippen molar-refractivity contribution >= 4 is 29.2 Å². The highest BCUT2D eigenvalue weighted by atomic mass is 35.5. The standard InChI is InChI=1S/C19H19ClN2O3/c20-15-7-3-13(4-8-15)12-22-11-1-2-17(22)18(23)21-16-9-5-14(6-10-16)19(24)25/h3-10,17H,1-2,11-12H2,(H,21,23)(H,24,25). The summed E-state index contributed by atoms with van der Waals surface area (Å²) >= 11 is 5.91. The zero-order chi connectivity index (χ0) is 17.8. The topological polar surface area (TPSA) is 69.6 Å². The van der Waals surface area contributed by atoms with Crippen molar-refractivity contribution < 1.29 is 14.7 Å². The van der Waals surface area contributed by atoms with Crippen LogP contribution in [0.2, 0.25) is 5.02 Å². The lowest BCUT2D eigenvalue weighted by Gasteiger charge is -2.23. The molecule has 6 heteroatoms. The smallest absolute Gasteiger partial charge is 0.335 e. The van der Waals surface area contributed by atoms with Gasteiger partial charge in [-0.3, -0.25) is 9.69 Å². The molecule has 1 aliphatic heterocycles. The van der Waals surface area contributed by atoms with E-state index in [4.69, 9.17) is 16.7 Å². The van der Waals surface area contributed by atoms with E-state index in [0.29, 0.717) is 17.3 Å². The van der Waals surface area contributed by atoms with Gasteiger partial charge in [0.25, 0.3) is 0 Å². The van der Waals surface area contributed by atoms with E-state index in [-0.39, 0.29) is 17.5 Å². The molecule has 0 aliphatic carbocycles. The molecule has 0 aromatic heterocycles. The van der Waals surface area contributed by atoms with Crippen molar-refractivity contribution in [3.63, 3.8) is 0 Å². The predicted molar refractivity (Wildman–Crippen MR) is 96.9 cm³/mol. The SMILES string of the molecule is O=C(O)c1ccc(NC(=O)C2CCCN2Cc2ccc(Cl)cc2)cc1. The molecule has 1 aliphatic rings. The average Bonchev–Trinajstić information content (AvgIpc) is 3.05. The molecule has 5 nitrogen and oxygen atoms in total. The van der Waals surface area contributed by atoms with E-state index >= 15 is 0 Å². The highest BCUT2D eigenvalue weighted by Gasteiger charge is 2.30. The molecule has 2 aromatic rings. The van der Waals surface area contributed by atoms with E-state index in [0.717, 1.165) is 24.9 Å². The first-order valence-electron chi connectivity index (χ1n) is 8.15. The van der Waals surface area contributed by atoms with Gasteiger partial charge in [-0.2, -0.15) is 0 Å². The molecule has 2 N–H and O–H groups in total. The highest BCUT2D eigenvalue weighted by Crippen LogP contribution is 2.22. The Hall–Kier alpha value is -2.37. The van der Waals surface area contributed by atoms with Crippen molar-refractivity contribution in [2.24, 2.45) is 0 Å². The molecule has 1 heterocycles. The summed E-state index contributed by atoms with van der Waals surface area (Å²) in [5.41, 5.74) is 1.92. The number of hydrogen-bond acceptors (Lipinski definition) is 3. The minimum Gasteiger partial charge on any atom is -0.478 e. The number of carboxylic acids is 1. The van der Waals surface area contributed by atoms with Crippen LogP contribution in [0, 0.1) is 0 Å². The van der Waals surface area contributed by atoms with Crippen LogP contribution >= 0.6 is 11.6 Å². The van der Waals surface area contributed by atoms with Gasteiger partial charge in [-0.15, -0.1) is 0 Å². The quantitative estimate of drug-likeness (QED) is 0.856. The van der Waals surface area contributed by atoms with Crippen molar-refractivity contribution in [1.82, 2.24) is 4.90 Å². The third-order valence-electron chi connectivity index (χ3n) is 4.36. The van der Waals surface area contributed by atoms with Crippen molar-refractivity contribution in [3.05, 3.63) is 64.7 Å². The summed E-state index contributed by atoms with van der Waals surface area (Å²) in [4.78, 5) is 25.6. The Balaban J connectivity index is 1.63. The maximum absolute atomic E-state index is 12.6. The Morgan fingerprint density at radius 2 is 1.80 bits per heavy atom. The molecule has 2 aromatic carbocycles. The minimum atomic E-state index is -0.984. The Labute approximate surface area is 151 Å². The summed E-state index contributed by atoms with van der Waals surface area (Å²) in [7, 11) is 0. The Morgan fingerprint density at radius 3 is 2.44 bits per heavy atom. The normalized spacial score (nSPS) is 17.4. The van der Waals surface area contributed by atoms with Gasteiger partial charge in [-0.05, 0) is 61.3 Å². The fourth-order valence-corrected chi connectivity index (χ4v) is 3.18. The van der Waals surface area contributed by atoms with Crippen LogP contribution in [0.15, 0.2) is 48.5 Å². The van der Waals surface area contributed by atoms with Gasteiger partial charge in [0.2, 0.25) is 5.91 Å². The summed E-state index contributed by atoms with van der Waals surface area (Å²) in [5, 5.41) is 12.5. The monoisotopic (exact) mass is 358 g/mol. The average molecular weight is 359 g/mol. The second-order valence-electron chi connectivity index (χ2n) is 6.13. The van der Waals surface area contributed by atoms with Gasteiger partial charge < -0.3 is 10.4 Å². The molecule has 0 saturated carbocycles. The van der Waals surface area contributed by atoms with Gasteiger partial charge in [0.1, 0.15) is 0 Å². The molecule has 0 bridgehead atoms. The number of carbonyl (C=O) groups is 2. The van der Waals surface area contributed by atoms with Crippen LogP contribution in [-0.2, 0) is 11.3 Å². The van der Waals surface area contributed by atoms with Gasteiger partial charge in [0, 0.05) is 17.3 Å². The third-order valence-corrected chi connectivity index (χ3v) is 4.62. The fourth-order valence-electron chi connectivity index (χ4n) is 3.06. The van der Waals surface area contributed by atoms with E-state index in [9.17, 15) is 9.59 Å². The van der Waals surface area contributed by atoms with Crippen LogP contribution in [0.25, 0.3) is 0 Å². The van der Waals surface area contributed by atoms with E-state index in [1.54, 1.807) is 12.1 Å². The van der Waals surface area contributed by atoms with Crippen molar-refractivity contribution in [3.8, 4) is 0 Å². The van der Waals surface area contributed by atoms with E-state index < -0.39 is 5.97 Å². The zero-order valence-electron chi connectivity index (χ0n) is 13.6. The number of carboxylic acid groups (broad SMARTS) is 1. The first-order chi connectivity index (χ1) is 12.0. The Kier molecular flexibility index (Phi) is 5.36. The molecular weight excluding hydrogens is 340 g/mol. The van der Waals surface area contributed by atoms with Crippen molar-refractivity contribution in [2.45, 2.75) is 25.4 Å². The predicted octanol–water partition coefficient (Wildman–Crippen LogP) is 3.64. The number of rotatable bonds is 5. The van der Waals surface area contributed by atoms with Crippen LogP contribution in [0.5, 0.6) is 0 Å². The van der Waals surface area contributed by atoms with Crippen LogP contribution < -0.4 is 5.32 Å². The number of nitrogens with one attached hydrogen (secondary N) is 1. The molecule has 1 fully saturated rings. The molecule has 0 radical (unpaired) electrons. The first kappa shape index (κ1) is 17.5. The first-order valence-corrected chi connectivity index (χ1v) is 8.53. The lowest BCUT2D eigenvalue weighted by atomic mass is 10.1. The molecule has 0 spiro atoms. The summed E-state index contributed by atoms with van der Waals surface area (Å²) in [6.07, 6.45) is 1.79. The van der Waals surface area contributed by atoms with Gasteiger partial charge >= 0.3 is 5.97 Å². The Morgan fingerprint density at radius 1 is 1.12 bits per heavy atom. The number of aromatic carboxylic acids is 1. The number of likely N-dealkylation sites (tertiary alicyclic amines) is 1. The van der Waals surface area contributed by atoms with Crippen LogP contribution in [0.3, 0.4) is 0 Å². The van der Waals surface area contributed by atoms with Crippen LogP contribution in [0.4, 0.5) is 5.69 Å². The number of halogens is 1. The van der Waals surface area contributed by atoms with E-state index in [1.807, 2.05) is 24.3 Å². The molecule has 25 heavy (non-hydrogen) atoms. The zero-order valence-corrected chi connectivity index (χ0v) is 14.4. The second-order valence-corrected chi connectivity index (χ2v) is 6.56. The summed E-state index contributed by atoms with van der Waals surface area (Å²) in [6.45, 7) is 1.58. The summed E-state index contributed by atoms with van der Waals surface area (Å²) in [5.74, 6) is -1.04. The summed E-state index contributed by atoms with van der Waals surface area (Å²) in [6, 6.07) is 13.7. The second kappa shape index (κ2) is 7.68. The molecule has 1 unspecified atom stereocenters. The number of anilines is 1. The number of hydrogen-bond donors (Lipinski definition) is 2. The van der Waals surface area contributed by atoms with E-state index in [1.165, 1.54) is 12.1 Å². The molecule has 130 valence electrons. The summed E-state index contributed by atoms with van der Waals surface area (Å²) < 4.78 is 0. The van der Waals surface area contributed by atoms with E-state index in [2.05, 4.69) is 10.2 Å². The lowest BCUT2D eigenvalue weighted by molar-refractivity contribution is -0.120. The molecular formula is C19H19ClN2O3. The number of carbonyl (C=O) groups excluding carboxylic acids is 1. The van der Waals surface area contributed by atoms with Gasteiger partial charge in [-0.25, -0.2) is 4.79 Å². The molecule has 1 saturated heterocycles. The lowest BCUT2D eigenvalue weighted by Crippen LogP contribution is -2.39. The fraction of sp³-hybridized carbons (Fsp3) is 0.263. The highest BCUT2D eigenvalue weighted by molar-refractivity contribution is 6.30. The third kappa shape index (κ3) is 4.38. The minimum absolute atomic E-state index is 0.0606. The van der Waals surface area contributed by atoms with Gasteiger partial charge in [0.15, 0.2) is 0 Å². The maximum atomic E-state index is 12.6. The van der Waals surface area contributed by atoms with Crippen molar-refractivity contribution in [2.75, 3.05) is 11.9 Å². The number of amides is 1. The largest absolute Gasteiger partial charge is 0.478 e. The Bertz CT molecular complexity index is 759. The van der Waals surface area contributed by atoms with Gasteiger partial charge in [-0.1, -0.05) is 23.7 Å². The van der Waals surface area contributed by atoms with Crippen LogP contribution in [-0.4, -0.2) is 34.5 Å². The molecule has 1 amide bonds. The maximum Gasteiger partial charge on any atom is 0.335 e. The van der Waals surface area contributed by atoms with Gasteiger partial charge in [0.05, 0.1) is 11.6 Å². The van der Waals surface area contributed by atoms with Crippen LogP contribution in [0.1, 0.15) is 28.8 Å².